The van der Waals surface area contributed by atoms with E-state index in [1.807, 2.05) is 15.9 Å². The van der Waals surface area contributed by atoms with Gasteiger partial charge in [-0.2, -0.15) is 13.3 Å². The van der Waals surface area contributed by atoms with E-state index in [2.05, 4.69) is 20.7 Å². The molecule has 0 aliphatic rings. The summed E-state index contributed by atoms with van der Waals surface area (Å²) < 4.78 is 26.2. The molecule has 17 heavy (non-hydrogen) atoms. The highest BCUT2D eigenvalue weighted by Crippen LogP contribution is 2.21. The minimum Gasteiger partial charge on any atom is -0.280 e. The van der Waals surface area contributed by atoms with E-state index in [1.54, 1.807) is 11.5 Å². The number of carbonyl (C=O) groups is 1. The molecule has 0 saturated heterocycles. The van der Waals surface area contributed by atoms with E-state index in [1.165, 1.54) is 16.9 Å². The van der Waals surface area contributed by atoms with Crippen molar-refractivity contribution in [1.29, 1.82) is 0 Å². The molecule has 2 heterocycles. The van der Waals surface area contributed by atoms with Crippen LogP contribution in [0.4, 0.5) is 14.6 Å². The third-order valence-corrected chi connectivity index (χ3v) is 2.08. The molecule has 2 aromatic rings. The Morgan fingerprint density at radius 3 is 2.94 bits per heavy atom. The summed E-state index contributed by atoms with van der Waals surface area (Å²) in [6.07, 6.45) is 1.33. The second-order valence-corrected chi connectivity index (χ2v) is 3.93. The van der Waals surface area contributed by atoms with E-state index in [-0.39, 0.29) is 5.82 Å². The van der Waals surface area contributed by atoms with Crippen LogP contribution in [0.2, 0.25) is 0 Å². The highest BCUT2D eigenvalue weighted by Gasteiger charge is 2.34. The highest BCUT2D eigenvalue weighted by molar-refractivity contribution is 9.10. The third-order valence-electron chi connectivity index (χ3n) is 1.72. The molecule has 0 saturated carbocycles. The molecule has 90 valence electrons. The topological polar surface area (TPSA) is 84.2 Å². The maximum Gasteiger partial charge on any atom is 0.379 e. The first-order chi connectivity index (χ1) is 7.97. The number of amides is 1. The van der Waals surface area contributed by atoms with Crippen LogP contribution in [0, 0.1) is 0 Å². The normalized spacial score (nSPS) is 11.5. The van der Waals surface area contributed by atoms with E-state index >= 15 is 0 Å². The predicted octanol–water partition coefficient (Wildman–Crippen LogP) is 0.555. The number of carbonyl (C=O) groups excluding carboxylic acids is 1. The van der Waals surface area contributed by atoms with Gasteiger partial charge in [-0.15, -0.1) is 15.3 Å². The van der Waals surface area contributed by atoms with E-state index in [4.69, 9.17) is 0 Å². The standard InChI is InChI=1S/C7H5BrF2N6O/c8-7(9,10)6(17)14-12-4-1-2-5-13-11-3-16(5)15-4/h1-3H,(H,12,15)(H,14,17). The van der Waals surface area contributed by atoms with Gasteiger partial charge in [-0.1, -0.05) is 0 Å². The molecule has 2 N–H and O–H groups in total. The van der Waals surface area contributed by atoms with Gasteiger partial charge in [0.05, 0.1) is 0 Å². The molecule has 0 aliphatic carbocycles. The summed E-state index contributed by atoms with van der Waals surface area (Å²) in [6.45, 7) is 0. The lowest BCUT2D eigenvalue weighted by atomic mass is 10.5. The van der Waals surface area contributed by atoms with Crippen LogP contribution in [-0.4, -0.2) is 30.6 Å². The summed E-state index contributed by atoms with van der Waals surface area (Å²) in [7, 11) is 0. The molecule has 2 rings (SSSR count). The van der Waals surface area contributed by atoms with Crippen molar-refractivity contribution in [2.75, 3.05) is 5.43 Å². The monoisotopic (exact) mass is 306 g/mol. The number of hydrogen-bond acceptors (Lipinski definition) is 5. The Labute approximate surface area is 101 Å². The Balaban J connectivity index is 2.06. The average Bonchev–Trinajstić information content (AvgIpc) is 2.71. The molecule has 0 fully saturated rings. The number of fused-ring (bicyclic) bond motifs is 1. The number of aromatic nitrogens is 4. The maximum atomic E-state index is 12.4. The van der Waals surface area contributed by atoms with Gasteiger partial charge >= 0.3 is 10.7 Å². The first kappa shape index (κ1) is 11.6. The zero-order valence-corrected chi connectivity index (χ0v) is 9.65. The summed E-state index contributed by atoms with van der Waals surface area (Å²) in [5, 5.41) is 11.2. The summed E-state index contributed by atoms with van der Waals surface area (Å²) in [4.78, 5) is 7.18. The van der Waals surface area contributed by atoms with Gasteiger partial charge in [0.15, 0.2) is 11.5 Å². The molecule has 0 aliphatic heterocycles. The van der Waals surface area contributed by atoms with Crippen LogP contribution < -0.4 is 10.9 Å². The predicted molar refractivity (Wildman–Crippen MR) is 56.4 cm³/mol. The molecule has 7 nitrogen and oxygen atoms in total. The number of rotatable bonds is 3. The van der Waals surface area contributed by atoms with Crippen LogP contribution in [-0.2, 0) is 4.79 Å². The molecular weight excluding hydrogens is 302 g/mol. The van der Waals surface area contributed by atoms with Gasteiger partial charge in [0.2, 0.25) is 0 Å². The van der Waals surface area contributed by atoms with Crippen LogP contribution in [0.1, 0.15) is 0 Å². The Morgan fingerprint density at radius 2 is 2.24 bits per heavy atom. The smallest absolute Gasteiger partial charge is 0.280 e. The number of hydrazine groups is 1. The number of hydrogen-bond donors (Lipinski definition) is 2. The lowest BCUT2D eigenvalue weighted by Crippen LogP contribution is -2.39. The Hall–Kier alpha value is -1.84. The van der Waals surface area contributed by atoms with Crippen LogP contribution in [0.25, 0.3) is 5.65 Å². The highest BCUT2D eigenvalue weighted by atomic mass is 79.9. The van der Waals surface area contributed by atoms with E-state index < -0.39 is 10.7 Å². The van der Waals surface area contributed by atoms with Crippen LogP contribution in [0.3, 0.4) is 0 Å². The quantitative estimate of drug-likeness (QED) is 0.639. The first-order valence-corrected chi connectivity index (χ1v) is 5.06. The summed E-state index contributed by atoms with van der Waals surface area (Å²) in [5.74, 6) is -1.36. The van der Waals surface area contributed by atoms with E-state index in [0.717, 1.165) is 0 Å². The Bertz CT molecular complexity index is 553. The van der Waals surface area contributed by atoms with Crippen LogP contribution >= 0.6 is 15.9 Å². The zero-order chi connectivity index (χ0) is 12.5. The lowest BCUT2D eigenvalue weighted by molar-refractivity contribution is -0.133. The molecule has 1 amide bonds. The lowest BCUT2D eigenvalue weighted by Gasteiger charge is -2.10. The van der Waals surface area contributed by atoms with Crippen molar-refractivity contribution in [2.45, 2.75) is 4.83 Å². The van der Waals surface area contributed by atoms with Crippen molar-refractivity contribution in [1.82, 2.24) is 25.2 Å². The molecule has 0 spiro atoms. The fraction of sp³-hybridized carbons (Fsp3) is 0.143. The maximum absolute atomic E-state index is 12.4. The Kier molecular flexibility index (Phi) is 2.88. The summed E-state index contributed by atoms with van der Waals surface area (Å²) in [5.41, 5.74) is 4.52. The minimum absolute atomic E-state index is 0.169. The number of nitrogens with zero attached hydrogens (tertiary/aromatic N) is 4. The molecule has 2 aromatic heterocycles. The van der Waals surface area contributed by atoms with Crippen molar-refractivity contribution in [3.63, 3.8) is 0 Å². The second kappa shape index (κ2) is 4.20. The van der Waals surface area contributed by atoms with Gasteiger partial charge in [0.1, 0.15) is 6.33 Å². The van der Waals surface area contributed by atoms with Crippen molar-refractivity contribution >= 4 is 33.3 Å². The first-order valence-electron chi connectivity index (χ1n) is 4.27. The van der Waals surface area contributed by atoms with E-state index in [9.17, 15) is 13.6 Å². The molecule has 0 bridgehead atoms. The fourth-order valence-corrected chi connectivity index (χ4v) is 1.09. The van der Waals surface area contributed by atoms with E-state index in [0.29, 0.717) is 5.65 Å². The number of nitrogens with one attached hydrogen (secondary N) is 2. The third kappa shape index (κ3) is 2.64. The van der Waals surface area contributed by atoms with Gasteiger partial charge in [0.25, 0.3) is 0 Å². The van der Waals surface area contributed by atoms with Crippen LogP contribution in [0.15, 0.2) is 18.5 Å². The average molecular weight is 307 g/mol. The minimum atomic E-state index is -3.64. The number of halogens is 3. The Morgan fingerprint density at radius 1 is 1.47 bits per heavy atom. The van der Waals surface area contributed by atoms with Crippen molar-refractivity contribution in [2.24, 2.45) is 0 Å². The van der Waals surface area contributed by atoms with Crippen molar-refractivity contribution < 1.29 is 13.6 Å². The largest absolute Gasteiger partial charge is 0.379 e. The number of alkyl halides is 3. The summed E-state index contributed by atoms with van der Waals surface area (Å²) in [6, 6.07) is 3.01. The molecule has 0 unspecified atom stereocenters. The summed E-state index contributed by atoms with van der Waals surface area (Å²) >= 11 is 1.92. The van der Waals surface area contributed by atoms with Crippen LogP contribution in [0.5, 0.6) is 0 Å². The van der Waals surface area contributed by atoms with Gasteiger partial charge in [-0.3, -0.25) is 15.6 Å². The van der Waals surface area contributed by atoms with Gasteiger partial charge in [-0.05, 0) is 12.1 Å². The van der Waals surface area contributed by atoms with Crippen molar-refractivity contribution in [3.05, 3.63) is 18.5 Å². The second-order valence-electron chi connectivity index (χ2n) is 2.93. The molecular formula is C7H5BrF2N6O. The number of anilines is 1. The van der Waals surface area contributed by atoms with Crippen molar-refractivity contribution in [3.8, 4) is 0 Å². The molecule has 0 atom stereocenters. The van der Waals surface area contributed by atoms with Gasteiger partial charge < -0.3 is 0 Å². The fourth-order valence-electron chi connectivity index (χ4n) is 0.987. The zero-order valence-electron chi connectivity index (χ0n) is 8.06. The molecule has 0 radical (unpaired) electrons. The SMILES string of the molecule is O=C(NNc1ccc2nncn2n1)C(F)(F)Br. The molecule has 10 heteroatoms. The van der Waals surface area contributed by atoms with Gasteiger partial charge in [-0.25, -0.2) is 0 Å². The van der Waals surface area contributed by atoms with Gasteiger partial charge in [0, 0.05) is 15.9 Å². The molecule has 0 aromatic carbocycles.